The van der Waals surface area contributed by atoms with E-state index in [0.717, 1.165) is 46.0 Å². The summed E-state index contributed by atoms with van der Waals surface area (Å²) in [5, 5.41) is 14.0. The van der Waals surface area contributed by atoms with Crippen LogP contribution in [0.5, 0.6) is 0 Å². The predicted octanol–water partition coefficient (Wildman–Crippen LogP) is 6.48. The van der Waals surface area contributed by atoms with Crippen LogP contribution in [0.1, 0.15) is 32.3 Å². The Hall–Kier alpha value is -3.43. The van der Waals surface area contributed by atoms with Crippen LogP contribution in [0.2, 0.25) is 0 Å². The molecule has 4 rings (SSSR count). The topological polar surface area (TPSA) is 88.5 Å². The summed E-state index contributed by atoms with van der Waals surface area (Å²) < 4.78 is 35.4. The molecule has 1 aliphatic rings. The molecular weight excluding hydrogens is 486 g/mol. The van der Waals surface area contributed by atoms with Crippen molar-refractivity contribution in [3.05, 3.63) is 70.8 Å². The molecule has 2 aromatic carbocycles. The maximum atomic E-state index is 14.5. The highest BCUT2D eigenvalue weighted by Crippen LogP contribution is 2.36. The second-order valence-electron chi connectivity index (χ2n) is 8.51. The van der Waals surface area contributed by atoms with Crippen LogP contribution in [0.3, 0.4) is 0 Å². The van der Waals surface area contributed by atoms with Crippen LogP contribution in [0, 0.1) is 5.92 Å². The lowest BCUT2D eigenvalue weighted by Crippen LogP contribution is -2.23. The number of allylic oxidation sites excluding steroid dienone is 4. The molecule has 1 amide bonds. The van der Waals surface area contributed by atoms with Gasteiger partial charge in [0, 0.05) is 36.2 Å². The van der Waals surface area contributed by atoms with Crippen molar-refractivity contribution in [2.24, 2.45) is 5.92 Å². The minimum Gasteiger partial charge on any atom is -0.478 e. The maximum absolute atomic E-state index is 14.5. The molecule has 1 unspecified atom stereocenters. The molecule has 0 radical (unpaired) electrons. The fourth-order valence-corrected chi connectivity index (χ4v) is 5.03. The third kappa shape index (κ3) is 5.52. The Morgan fingerprint density at radius 1 is 1.25 bits per heavy atom. The molecule has 9 heteroatoms. The van der Waals surface area contributed by atoms with Gasteiger partial charge in [-0.3, -0.25) is 4.79 Å². The van der Waals surface area contributed by atoms with Crippen LogP contribution in [-0.4, -0.2) is 35.2 Å². The first kappa shape index (κ1) is 25.7. The Kier molecular flexibility index (Phi) is 7.91. The van der Waals surface area contributed by atoms with Crippen molar-refractivity contribution in [2.75, 3.05) is 18.5 Å². The standard InChI is InChI=1S/C27H26F2N2O4S/c1-3-35-11-5-7-16-6-4-8-19-18(16)9-10-23-24(19)30-27(36-23)31-25(32)17-13-21(28)20(22(29)14-17)12-15(2)26(33)34/h4,6,8-10,12-13,17H,3,5,7,11,14H2,1-2H3,(H,33,34)(H,30,31,32). The van der Waals surface area contributed by atoms with Crippen LogP contribution in [-0.2, 0) is 20.7 Å². The zero-order chi connectivity index (χ0) is 25.8. The lowest BCUT2D eigenvalue weighted by Gasteiger charge is -2.17. The number of thiazole rings is 1. The number of anilines is 1. The number of ether oxygens (including phenoxy) is 1. The largest absolute Gasteiger partial charge is 0.478 e. The number of nitrogens with one attached hydrogen (secondary N) is 1. The van der Waals surface area contributed by atoms with E-state index < -0.39 is 35.0 Å². The molecule has 1 atom stereocenters. The zero-order valence-electron chi connectivity index (χ0n) is 19.9. The number of amides is 1. The van der Waals surface area contributed by atoms with Gasteiger partial charge in [0.25, 0.3) is 0 Å². The van der Waals surface area contributed by atoms with Crippen LogP contribution in [0.15, 0.2) is 65.3 Å². The SMILES string of the molecule is CCOCCCc1cccc2c1ccc1sc(NC(=O)C3C=C(F)C(C=C(C)C(=O)O)=C(F)C3)nc12. The number of benzene rings is 2. The average Bonchev–Trinajstić information content (AvgIpc) is 3.26. The minimum absolute atomic E-state index is 0.203. The lowest BCUT2D eigenvalue weighted by atomic mass is 9.93. The van der Waals surface area contributed by atoms with E-state index in [0.29, 0.717) is 18.3 Å². The number of aliphatic carboxylic acids is 1. The highest BCUT2D eigenvalue weighted by atomic mass is 32.1. The van der Waals surface area contributed by atoms with Gasteiger partial charge in [-0.05, 0) is 55.9 Å². The molecule has 1 aromatic heterocycles. The molecule has 0 aliphatic heterocycles. The van der Waals surface area contributed by atoms with E-state index in [1.54, 1.807) is 0 Å². The second-order valence-corrected chi connectivity index (χ2v) is 9.54. The first-order chi connectivity index (χ1) is 17.3. The molecule has 1 heterocycles. The summed E-state index contributed by atoms with van der Waals surface area (Å²) in [6.45, 7) is 4.61. The van der Waals surface area contributed by atoms with E-state index in [2.05, 4.69) is 16.4 Å². The fraction of sp³-hybridized carbons (Fsp3) is 0.296. The molecule has 0 saturated heterocycles. The normalized spacial score (nSPS) is 16.5. The van der Waals surface area contributed by atoms with Gasteiger partial charge in [-0.1, -0.05) is 35.6 Å². The average molecular weight is 513 g/mol. The number of fused-ring (bicyclic) bond motifs is 3. The van der Waals surface area contributed by atoms with E-state index in [9.17, 15) is 18.4 Å². The summed E-state index contributed by atoms with van der Waals surface area (Å²) in [6.07, 6.45) is 3.36. The number of carboxylic acid groups (broad SMARTS) is 1. The van der Waals surface area contributed by atoms with Crippen molar-refractivity contribution >= 4 is 49.3 Å². The number of aromatic nitrogens is 1. The van der Waals surface area contributed by atoms with Gasteiger partial charge in [0.1, 0.15) is 11.7 Å². The van der Waals surface area contributed by atoms with E-state index in [1.165, 1.54) is 23.8 Å². The number of carbonyl (C=O) groups excluding carboxylic acids is 1. The summed E-state index contributed by atoms with van der Waals surface area (Å²) in [4.78, 5) is 28.4. The monoisotopic (exact) mass is 512 g/mol. The summed E-state index contributed by atoms with van der Waals surface area (Å²) in [5.41, 5.74) is 1.31. The first-order valence-corrected chi connectivity index (χ1v) is 12.5. The predicted molar refractivity (Wildman–Crippen MR) is 137 cm³/mol. The molecule has 0 saturated carbocycles. The van der Waals surface area contributed by atoms with Gasteiger partial charge >= 0.3 is 5.97 Å². The molecule has 1 aliphatic carbocycles. The molecule has 188 valence electrons. The molecule has 0 fully saturated rings. The second kappa shape index (κ2) is 11.1. The Morgan fingerprint density at radius 3 is 2.78 bits per heavy atom. The van der Waals surface area contributed by atoms with Crippen molar-refractivity contribution in [1.29, 1.82) is 0 Å². The summed E-state index contributed by atoms with van der Waals surface area (Å²) in [7, 11) is 0. The number of halogens is 2. The third-order valence-electron chi connectivity index (χ3n) is 6.01. The fourth-order valence-electron chi connectivity index (χ4n) is 4.14. The number of rotatable bonds is 9. The summed E-state index contributed by atoms with van der Waals surface area (Å²) in [6, 6.07) is 10.1. The van der Waals surface area contributed by atoms with Crippen LogP contribution in [0.4, 0.5) is 13.9 Å². The number of carbonyl (C=O) groups is 2. The molecule has 6 nitrogen and oxygen atoms in total. The van der Waals surface area contributed by atoms with Gasteiger partial charge in [0.2, 0.25) is 5.91 Å². The molecule has 36 heavy (non-hydrogen) atoms. The van der Waals surface area contributed by atoms with Crippen LogP contribution in [0.25, 0.3) is 21.0 Å². The number of carboxylic acids is 1. The maximum Gasteiger partial charge on any atom is 0.331 e. The third-order valence-corrected chi connectivity index (χ3v) is 6.94. The molecule has 2 N–H and O–H groups in total. The number of hydrogen-bond acceptors (Lipinski definition) is 5. The Balaban J connectivity index is 1.53. The lowest BCUT2D eigenvalue weighted by molar-refractivity contribution is -0.132. The number of nitrogens with zero attached hydrogens (tertiary/aromatic N) is 1. The molecular formula is C27H26F2N2O4S. The molecule has 0 spiro atoms. The summed E-state index contributed by atoms with van der Waals surface area (Å²) >= 11 is 1.29. The van der Waals surface area contributed by atoms with Gasteiger partial charge in [-0.2, -0.15) is 0 Å². The van der Waals surface area contributed by atoms with E-state index >= 15 is 0 Å². The highest BCUT2D eigenvalue weighted by molar-refractivity contribution is 7.22. The van der Waals surface area contributed by atoms with Crippen molar-refractivity contribution in [3.8, 4) is 0 Å². The van der Waals surface area contributed by atoms with Crippen LogP contribution < -0.4 is 5.32 Å². The smallest absolute Gasteiger partial charge is 0.331 e. The minimum atomic E-state index is -1.27. The number of aryl methyl sites for hydroxylation is 1. The van der Waals surface area contributed by atoms with E-state index in [4.69, 9.17) is 9.84 Å². The van der Waals surface area contributed by atoms with Crippen molar-refractivity contribution in [3.63, 3.8) is 0 Å². The van der Waals surface area contributed by atoms with Gasteiger partial charge in [0.05, 0.1) is 16.1 Å². The van der Waals surface area contributed by atoms with E-state index in [-0.39, 0.29) is 12.0 Å². The summed E-state index contributed by atoms with van der Waals surface area (Å²) in [5.74, 6) is -4.77. The zero-order valence-corrected chi connectivity index (χ0v) is 20.8. The number of hydrogen-bond donors (Lipinski definition) is 2. The molecule has 3 aromatic rings. The highest BCUT2D eigenvalue weighted by Gasteiger charge is 2.28. The van der Waals surface area contributed by atoms with Gasteiger partial charge < -0.3 is 15.2 Å². The van der Waals surface area contributed by atoms with Gasteiger partial charge in [-0.25, -0.2) is 18.6 Å². The molecule has 0 bridgehead atoms. The first-order valence-electron chi connectivity index (χ1n) is 11.7. The van der Waals surface area contributed by atoms with Crippen molar-refractivity contribution in [1.82, 2.24) is 4.98 Å². The quantitative estimate of drug-likeness (QED) is 0.253. The van der Waals surface area contributed by atoms with E-state index in [1.807, 2.05) is 31.2 Å². The van der Waals surface area contributed by atoms with Gasteiger partial charge in [0.15, 0.2) is 5.13 Å². The Labute approximate surface area is 211 Å². The van der Waals surface area contributed by atoms with Crippen molar-refractivity contribution in [2.45, 2.75) is 33.1 Å². The Morgan fingerprint density at radius 2 is 2.06 bits per heavy atom. The Bertz CT molecular complexity index is 1420. The van der Waals surface area contributed by atoms with Crippen LogP contribution >= 0.6 is 11.3 Å². The van der Waals surface area contributed by atoms with Gasteiger partial charge in [-0.15, -0.1) is 0 Å². The van der Waals surface area contributed by atoms with Crippen molar-refractivity contribution < 1.29 is 28.2 Å².